The maximum atomic E-state index is 11.5. The standard InChI is InChI=1S/C28H58NO5P/c1-4-5-6-7-8-9-10-11-12-13-14-15-16-17-18-19-22-32-25-28(24-27(2)30)26-34-35(31)33-23-20-21-29-3/h28-29,31H,4-26H2,1-3H3/p+1. The Morgan fingerprint density at radius 2 is 1.26 bits per heavy atom. The van der Waals surface area contributed by atoms with Gasteiger partial charge in [-0.05, 0) is 13.3 Å². The molecule has 0 saturated carbocycles. The molecule has 0 aliphatic heterocycles. The Morgan fingerprint density at radius 3 is 1.74 bits per heavy atom. The van der Waals surface area contributed by atoms with Gasteiger partial charge in [0, 0.05) is 25.4 Å². The van der Waals surface area contributed by atoms with E-state index in [0.29, 0.717) is 26.2 Å². The summed E-state index contributed by atoms with van der Waals surface area (Å²) >= 11 is 0. The second-order valence-electron chi connectivity index (χ2n) is 10.1. The number of carbonyl (C=O) groups excluding carboxylic acids is 1. The average Bonchev–Trinajstić information content (AvgIpc) is 2.84. The number of quaternary nitrogens is 1. The molecule has 0 fully saturated rings. The fraction of sp³-hybridized carbons (Fsp3) is 0.964. The van der Waals surface area contributed by atoms with Crippen LogP contribution < -0.4 is 5.32 Å². The molecule has 0 aromatic carbocycles. The number of hydrogen-bond acceptors (Lipinski definition) is 5. The fourth-order valence-corrected chi connectivity index (χ4v) is 4.91. The highest BCUT2D eigenvalue weighted by molar-refractivity contribution is 7.40. The summed E-state index contributed by atoms with van der Waals surface area (Å²) in [5.41, 5.74) is 0. The number of hydrogen-bond donors (Lipinski definition) is 2. The summed E-state index contributed by atoms with van der Waals surface area (Å²) < 4.78 is 16.5. The Morgan fingerprint density at radius 1 is 0.743 bits per heavy atom. The highest BCUT2D eigenvalue weighted by atomic mass is 31.2. The Labute approximate surface area is 218 Å². The number of ketones is 1. The normalized spacial score (nSPS) is 13.3. The van der Waals surface area contributed by atoms with Crippen molar-refractivity contribution in [1.29, 1.82) is 0 Å². The first-order valence-electron chi connectivity index (χ1n) is 14.7. The predicted octanol–water partition coefficient (Wildman–Crippen LogP) is 6.70. The largest absolute Gasteiger partial charge is 0.381 e. The molecule has 0 aliphatic carbocycles. The van der Waals surface area contributed by atoms with E-state index in [4.69, 9.17) is 13.8 Å². The molecule has 0 rings (SSSR count). The summed E-state index contributed by atoms with van der Waals surface area (Å²) in [7, 11) is 0.128. The third-order valence-corrected chi connectivity index (χ3v) is 7.10. The van der Waals surface area contributed by atoms with Gasteiger partial charge in [0.15, 0.2) is 0 Å². The second kappa shape index (κ2) is 28.5. The van der Waals surface area contributed by atoms with Gasteiger partial charge in [-0.15, -0.1) is 0 Å². The zero-order chi connectivity index (χ0) is 25.8. The van der Waals surface area contributed by atoms with Crippen molar-refractivity contribution in [3.05, 3.63) is 0 Å². The summed E-state index contributed by atoms with van der Waals surface area (Å²) in [4.78, 5) is 21.4. The van der Waals surface area contributed by atoms with Crippen LogP contribution in [0.25, 0.3) is 0 Å². The first-order chi connectivity index (χ1) is 17.1. The van der Waals surface area contributed by atoms with Crippen LogP contribution >= 0.6 is 8.60 Å². The van der Waals surface area contributed by atoms with Crippen LogP contribution in [0.1, 0.15) is 129 Å². The van der Waals surface area contributed by atoms with Gasteiger partial charge in [-0.1, -0.05) is 103 Å². The number of unbranched alkanes of at least 4 members (excludes halogenated alkanes) is 15. The smallest absolute Gasteiger partial charge is 0.329 e. The van der Waals surface area contributed by atoms with Crippen LogP contribution in [0.4, 0.5) is 0 Å². The molecule has 0 radical (unpaired) electrons. The third-order valence-electron chi connectivity index (χ3n) is 6.33. The summed E-state index contributed by atoms with van der Waals surface area (Å²) in [5, 5.41) is 2.07. The number of carbonyl (C=O) groups is 1. The van der Waals surface area contributed by atoms with E-state index in [2.05, 4.69) is 12.2 Å². The lowest BCUT2D eigenvalue weighted by Gasteiger charge is -2.18. The van der Waals surface area contributed by atoms with E-state index < -0.39 is 8.60 Å². The van der Waals surface area contributed by atoms with Crippen molar-refractivity contribution in [1.82, 2.24) is 0 Å². The Kier molecular flexibility index (Phi) is 28.4. The van der Waals surface area contributed by atoms with Crippen molar-refractivity contribution in [2.75, 3.05) is 40.0 Å². The van der Waals surface area contributed by atoms with Crippen molar-refractivity contribution < 1.29 is 28.8 Å². The summed E-state index contributed by atoms with van der Waals surface area (Å²) in [6.45, 7) is 6.82. The van der Waals surface area contributed by atoms with Crippen molar-refractivity contribution in [2.45, 2.75) is 129 Å². The number of nitrogens with two attached hydrogens (primary N) is 1. The molecule has 35 heavy (non-hydrogen) atoms. The summed E-state index contributed by atoms with van der Waals surface area (Å²) in [6, 6.07) is 0. The molecule has 7 heteroatoms. The van der Waals surface area contributed by atoms with Crippen LogP contribution in [0.5, 0.6) is 0 Å². The molecule has 0 aromatic rings. The van der Waals surface area contributed by atoms with Gasteiger partial charge in [0.25, 0.3) is 0 Å². The van der Waals surface area contributed by atoms with Gasteiger partial charge in [-0.3, -0.25) is 0 Å². The minimum absolute atomic E-state index is 0.0294. The first-order valence-corrected chi connectivity index (χ1v) is 15.8. The van der Waals surface area contributed by atoms with Gasteiger partial charge < -0.3 is 28.8 Å². The molecule has 210 valence electrons. The van der Waals surface area contributed by atoms with E-state index in [1.165, 1.54) is 96.3 Å². The van der Waals surface area contributed by atoms with E-state index >= 15 is 0 Å². The fourth-order valence-electron chi connectivity index (χ4n) is 4.21. The van der Waals surface area contributed by atoms with Crippen molar-refractivity contribution >= 4 is 14.4 Å². The van der Waals surface area contributed by atoms with E-state index in [1.54, 1.807) is 6.92 Å². The van der Waals surface area contributed by atoms with Gasteiger partial charge >= 0.3 is 8.60 Å². The SMILES string of the molecule is CCCCCCCCCCCCCCCCCCOCC(COP(O)OCCC[NH2+]C)CC(C)=O. The van der Waals surface area contributed by atoms with E-state index in [0.717, 1.165) is 26.0 Å². The highest BCUT2D eigenvalue weighted by Gasteiger charge is 2.16. The lowest BCUT2D eigenvalue weighted by Crippen LogP contribution is -2.79. The maximum Gasteiger partial charge on any atom is 0.329 e. The highest BCUT2D eigenvalue weighted by Crippen LogP contribution is 2.33. The van der Waals surface area contributed by atoms with E-state index in [-0.39, 0.29) is 11.7 Å². The minimum Gasteiger partial charge on any atom is -0.381 e. The molecule has 0 aromatic heterocycles. The van der Waals surface area contributed by atoms with E-state index in [9.17, 15) is 9.69 Å². The van der Waals surface area contributed by atoms with E-state index in [1.807, 2.05) is 7.05 Å². The molecule has 0 spiro atoms. The molecule has 0 saturated heterocycles. The summed E-state index contributed by atoms with van der Waals surface area (Å²) in [5.74, 6) is 0.0876. The molecule has 0 heterocycles. The van der Waals surface area contributed by atoms with Gasteiger partial charge in [-0.2, -0.15) is 0 Å². The predicted molar refractivity (Wildman–Crippen MR) is 148 cm³/mol. The molecule has 0 amide bonds. The number of ether oxygens (including phenoxy) is 1. The molecule has 0 aliphatic rings. The Balaban J connectivity index is 3.52. The third kappa shape index (κ3) is 28.3. The molecule has 2 unspecified atom stereocenters. The van der Waals surface area contributed by atoms with Crippen LogP contribution in [0.3, 0.4) is 0 Å². The van der Waals surface area contributed by atoms with Gasteiger partial charge in [0.1, 0.15) is 5.78 Å². The first kappa shape index (κ1) is 34.9. The molecular weight excluding hydrogens is 461 g/mol. The van der Waals surface area contributed by atoms with Gasteiger partial charge in [-0.25, -0.2) is 0 Å². The van der Waals surface area contributed by atoms with Crippen LogP contribution in [0.15, 0.2) is 0 Å². The molecule has 6 nitrogen and oxygen atoms in total. The lowest BCUT2D eigenvalue weighted by molar-refractivity contribution is -0.627. The van der Waals surface area contributed by atoms with Gasteiger partial charge in [0.2, 0.25) is 0 Å². The minimum atomic E-state index is -1.88. The van der Waals surface area contributed by atoms with Crippen LogP contribution in [0.2, 0.25) is 0 Å². The number of Topliss-reactive ketones (excluding diaryl/α,β-unsaturated/α-hetero) is 1. The molecular formula is C28H59NO5P+. The van der Waals surface area contributed by atoms with Crippen molar-refractivity contribution in [3.63, 3.8) is 0 Å². The maximum absolute atomic E-state index is 11.5. The van der Waals surface area contributed by atoms with Crippen molar-refractivity contribution in [2.24, 2.45) is 5.92 Å². The van der Waals surface area contributed by atoms with Crippen LogP contribution in [-0.4, -0.2) is 50.7 Å². The quantitative estimate of drug-likeness (QED) is 0.0848. The van der Waals surface area contributed by atoms with Gasteiger partial charge in [0.05, 0.1) is 33.4 Å². The molecule has 3 N–H and O–H groups in total. The second-order valence-corrected chi connectivity index (χ2v) is 11.1. The molecule has 2 atom stereocenters. The topological polar surface area (TPSA) is 81.6 Å². The van der Waals surface area contributed by atoms with Crippen molar-refractivity contribution in [3.8, 4) is 0 Å². The number of rotatable bonds is 29. The zero-order valence-corrected chi connectivity index (χ0v) is 24.3. The zero-order valence-electron chi connectivity index (χ0n) is 23.4. The average molecular weight is 521 g/mol. The Bertz CT molecular complexity index is 442. The summed E-state index contributed by atoms with van der Waals surface area (Å²) in [6.07, 6.45) is 23.1. The Hall–Kier alpha value is -0.100. The monoisotopic (exact) mass is 520 g/mol. The molecule has 0 bridgehead atoms. The lowest BCUT2D eigenvalue weighted by atomic mass is 10.0. The van der Waals surface area contributed by atoms with Crippen LogP contribution in [-0.2, 0) is 18.6 Å². The van der Waals surface area contributed by atoms with Crippen LogP contribution in [0, 0.1) is 5.92 Å².